The first-order chi connectivity index (χ1) is 12.9. The Balaban J connectivity index is 1.93. The summed E-state index contributed by atoms with van der Waals surface area (Å²) in [7, 11) is 0. The molecule has 1 heterocycles. The maximum Gasteiger partial charge on any atom is 0.274 e. The van der Waals surface area contributed by atoms with Crippen LogP contribution in [0, 0.1) is 30.9 Å². The summed E-state index contributed by atoms with van der Waals surface area (Å²) in [6.45, 7) is 7.99. The second-order valence-corrected chi connectivity index (χ2v) is 6.67. The number of nitro benzene ring substituents is 1. The number of benzene rings is 2. The quantitative estimate of drug-likeness (QED) is 0.336. The van der Waals surface area contributed by atoms with Crippen molar-refractivity contribution < 1.29 is 4.92 Å². The van der Waals surface area contributed by atoms with E-state index in [9.17, 15) is 10.1 Å². The Hall–Kier alpha value is -3.21. The Morgan fingerprint density at radius 1 is 1.07 bits per heavy atom. The van der Waals surface area contributed by atoms with E-state index in [2.05, 4.69) is 60.7 Å². The topological polar surface area (TPSA) is 60.4 Å². The second kappa shape index (κ2) is 7.58. The van der Waals surface area contributed by atoms with E-state index in [1.807, 2.05) is 0 Å². The van der Waals surface area contributed by atoms with Gasteiger partial charge in [0.25, 0.3) is 5.69 Å². The molecule has 2 aromatic carbocycles. The predicted octanol–water partition coefficient (Wildman–Crippen LogP) is 5.62. The zero-order chi connectivity index (χ0) is 19.6. The van der Waals surface area contributed by atoms with Crippen molar-refractivity contribution in [2.45, 2.75) is 34.1 Å². The Morgan fingerprint density at radius 2 is 1.78 bits per heavy atom. The number of nitrogens with zero attached hydrogens (tertiary/aromatic N) is 3. The number of aryl methyl sites for hydroxylation is 3. The summed E-state index contributed by atoms with van der Waals surface area (Å²) >= 11 is 0. The van der Waals surface area contributed by atoms with Crippen LogP contribution in [0.5, 0.6) is 0 Å². The predicted molar refractivity (Wildman–Crippen MR) is 110 cm³/mol. The maximum absolute atomic E-state index is 11.1. The van der Waals surface area contributed by atoms with Gasteiger partial charge in [-0.05, 0) is 57.0 Å². The van der Waals surface area contributed by atoms with Crippen LogP contribution in [0.15, 0.2) is 53.5 Å². The number of nitro groups is 1. The molecule has 0 aliphatic heterocycles. The Labute approximate surface area is 159 Å². The van der Waals surface area contributed by atoms with Crippen molar-refractivity contribution in [2.24, 2.45) is 4.99 Å². The van der Waals surface area contributed by atoms with Crippen LogP contribution >= 0.6 is 0 Å². The van der Waals surface area contributed by atoms with Crippen LogP contribution in [0.4, 0.5) is 11.4 Å². The largest absolute Gasteiger partial charge is 0.318 e. The Morgan fingerprint density at radius 3 is 2.41 bits per heavy atom. The molecule has 3 aromatic rings. The standard InChI is InChI=1S/C22H23N3O2/c1-5-18-7-10-21(11-8-18)24-16(3)12-19(17(24)4)14-23-20-9-6-15(2)22(13-20)25(26)27/h6-14H,5H2,1-4H3. The highest BCUT2D eigenvalue weighted by molar-refractivity contribution is 5.84. The van der Waals surface area contributed by atoms with Crippen molar-refractivity contribution in [3.63, 3.8) is 0 Å². The van der Waals surface area contributed by atoms with Crippen LogP contribution < -0.4 is 0 Å². The molecule has 0 aliphatic rings. The van der Waals surface area contributed by atoms with E-state index in [0.29, 0.717) is 11.3 Å². The summed E-state index contributed by atoms with van der Waals surface area (Å²) in [5.74, 6) is 0. The van der Waals surface area contributed by atoms with Crippen LogP contribution in [-0.4, -0.2) is 15.7 Å². The lowest BCUT2D eigenvalue weighted by atomic mass is 10.1. The highest BCUT2D eigenvalue weighted by Crippen LogP contribution is 2.25. The summed E-state index contributed by atoms with van der Waals surface area (Å²) in [6, 6.07) is 15.7. The number of hydrogen-bond donors (Lipinski definition) is 0. The van der Waals surface area contributed by atoms with Gasteiger partial charge in [0.1, 0.15) is 0 Å². The van der Waals surface area contributed by atoms with Gasteiger partial charge in [0.05, 0.1) is 10.6 Å². The Bertz CT molecular complexity index is 1010. The van der Waals surface area contributed by atoms with Gasteiger partial charge in [-0.15, -0.1) is 0 Å². The number of aromatic nitrogens is 1. The molecule has 0 saturated heterocycles. The molecular weight excluding hydrogens is 338 g/mol. The minimum atomic E-state index is -0.375. The maximum atomic E-state index is 11.1. The van der Waals surface area contributed by atoms with Gasteiger partial charge in [-0.3, -0.25) is 15.1 Å². The molecule has 0 radical (unpaired) electrons. The van der Waals surface area contributed by atoms with Gasteiger partial charge in [0, 0.05) is 40.5 Å². The molecule has 27 heavy (non-hydrogen) atoms. The second-order valence-electron chi connectivity index (χ2n) is 6.67. The molecule has 3 rings (SSSR count). The third-order valence-electron chi connectivity index (χ3n) is 4.82. The average molecular weight is 361 g/mol. The van der Waals surface area contributed by atoms with Crippen molar-refractivity contribution in [2.75, 3.05) is 0 Å². The van der Waals surface area contributed by atoms with E-state index in [1.165, 1.54) is 11.6 Å². The highest BCUT2D eigenvalue weighted by atomic mass is 16.6. The van der Waals surface area contributed by atoms with Crippen LogP contribution in [0.25, 0.3) is 5.69 Å². The number of aliphatic imine (C=N–C) groups is 1. The van der Waals surface area contributed by atoms with Gasteiger partial charge in [-0.25, -0.2) is 0 Å². The van der Waals surface area contributed by atoms with Crippen LogP contribution in [0.2, 0.25) is 0 Å². The van der Waals surface area contributed by atoms with E-state index in [1.54, 1.807) is 25.3 Å². The molecule has 0 saturated carbocycles. The zero-order valence-corrected chi connectivity index (χ0v) is 16.1. The highest BCUT2D eigenvalue weighted by Gasteiger charge is 2.12. The van der Waals surface area contributed by atoms with E-state index in [4.69, 9.17) is 0 Å². The van der Waals surface area contributed by atoms with E-state index in [0.717, 1.165) is 29.1 Å². The molecular formula is C22H23N3O2. The summed E-state index contributed by atoms with van der Waals surface area (Å²) < 4.78 is 2.19. The minimum absolute atomic E-state index is 0.0890. The third-order valence-corrected chi connectivity index (χ3v) is 4.82. The van der Waals surface area contributed by atoms with Gasteiger partial charge < -0.3 is 4.57 Å². The molecule has 0 aliphatic carbocycles. The fourth-order valence-electron chi connectivity index (χ4n) is 3.22. The summed E-state index contributed by atoms with van der Waals surface area (Å²) in [5.41, 5.74) is 6.92. The average Bonchev–Trinajstić information content (AvgIpc) is 2.94. The molecule has 0 unspecified atom stereocenters. The number of hydrogen-bond acceptors (Lipinski definition) is 3. The normalized spacial score (nSPS) is 11.3. The van der Waals surface area contributed by atoms with Gasteiger partial charge >= 0.3 is 0 Å². The lowest BCUT2D eigenvalue weighted by molar-refractivity contribution is -0.385. The molecule has 5 nitrogen and oxygen atoms in total. The lowest BCUT2D eigenvalue weighted by Gasteiger charge is -2.10. The van der Waals surface area contributed by atoms with Gasteiger partial charge in [0.15, 0.2) is 0 Å². The van der Waals surface area contributed by atoms with E-state index >= 15 is 0 Å². The van der Waals surface area contributed by atoms with Crippen LogP contribution in [0.1, 0.15) is 35.0 Å². The lowest BCUT2D eigenvalue weighted by Crippen LogP contribution is -1.99. The minimum Gasteiger partial charge on any atom is -0.318 e. The van der Waals surface area contributed by atoms with Crippen molar-refractivity contribution in [1.82, 2.24) is 4.57 Å². The van der Waals surface area contributed by atoms with Crippen molar-refractivity contribution in [3.05, 3.63) is 86.7 Å². The third kappa shape index (κ3) is 3.82. The first-order valence-electron chi connectivity index (χ1n) is 8.98. The first kappa shape index (κ1) is 18.6. The monoisotopic (exact) mass is 361 g/mol. The van der Waals surface area contributed by atoms with Crippen molar-refractivity contribution >= 4 is 17.6 Å². The first-order valence-corrected chi connectivity index (χ1v) is 8.98. The van der Waals surface area contributed by atoms with Crippen molar-refractivity contribution in [1.29, 1.82) is 0 Å². The van der Waals surface area contributed by atoms with Gasteiger partial charge in [0.2, 0.25) is 0 Å². The molecule has 0 fully saturated rings. The fourth-order valence-corrected chi connectivity index (χ4v) is 3.22. The summed E-state index contributed by atoms with van der Waals surface area (Å²) in [5, 5.41) is 11.1. The van der Waals surface area contributed by atoms with E-state index < -0.39 is 0 Å². The summed E-state index contributed by atoms with van der Waals surface area (Å²) in [6.07, 6.45) is 2.79. The molecule has 0 atom stereocenters. The van der Waals surface area contributed by atoms with Crippen LogP contribution in [-0.2, 0) is 6.42 Å². The summed E-state index contributed by atoms with van der Waals surface area (Å²) in [4.78, 5) is 15.2. The molecule has 138 valence electrons. The molecule has 1 aromatic heterocycles. The molecule has 0 bridgehead atoms. The van der Waals surface area contributed by atoms with E-state index in [-0.39, 0.29) is 10.6 Å². The Kier molecular flexibility index (Phi) is 5.21. The SMILES string of the molecule is CCc1ccc(-n2c(C)cc(C=Nc3ccc(C)c([N+](=O)[O-])c3)c2C)cc1. The molecule has 5 heteroatoms. The smallest absolute Gasteiger partial charge is 0.274 e. The number of rotatable bonds is 5. The zero-order valence-electron chi connectivity index (χ0n) is 16.1. The fraction of sp³-hybridized carbons (Fsp3) is 0.227. The molecule has 0 amide bonds. The van der Waals surface area contributed by atoms with Gasteiger partial charge in [-0.1, -0.05) is 25.1 Å². The van der Waals surface area contributed by atoms with Gasteiger partial charge in [-0.2, -0.15) is 0 Å². The molecule has 0 N–H and O–H groups in total. The molecule has 0 spiro atoms. The van der Waals surface area contributed by atoms with Crippen molar-refractivity contribution in [3.8, 4) is 5.69 Å². The van der Waals surface area contributed by atoms with Crippen LogP contribution in [0.3, 0.4) is 0 Å².